The quantitative estimate of drug-likeness (QED) is 0.810. The van der Waals surface area contributed by atoms with Crippen LogP contribution in [0.2, 0.25) is 0 Å². The number of carbonyl (C=O) groups is 3. The molecule has 0 heterocycles. The Morgan fingerprint density at radius 3 is 2.43 bits per heavy atom. The molecule has 1 rings (SSSR count). The van der Waals surface area contributed by atoms with Crippen molar-refractivity contribution in [2.24, 2.45) is 0 Å². The Hall–Kier alpha value is -1.89. The Morgan fingerprint density at radius 1 is 1.19 bits per heavy atom. The number of nitrogens with one attached hydrogen (secondary N) is 2. The second-order valence-electron chi connectivity index (χ2n) is 4.68. The van der Waals surface area contributed by atoms with Crippen molar-refractivity contribution in [2.75, 3.05) is 0 Å². The van der Waals surface area contributed by atoms with Crippen molar-refractivity contribution in [2.45, 2.75) is 32.9 Å². The Kier molecular flexibility index (Phi) is 6.36. The summed E-state index contributed by atoms with van der Waals surface area (Å²) in [5.41, 5.74) is 0.315. The van der Waals surface area contributed by atoms with Gasteiger partial charge in [-0.25, -0.2) is 9.59 Å². The predicted octanol–water partition coefficient (Wildman–Crippen LogP) is 2.23. The van der Waals surface area contributed by atoms with Gasteiger partial charge in [0, 0.05) is 10.5 Å². The van der Waals surface area contributed by atoms with Crippen molar-refractivity contribution in [1.82, 2.24) is 10.6 Å². The lowest BCUT2D eigenvalue weighted by Crippen LogP contribution is -2.46. The number of halogens is 1. The summed E-state index contributed by atoms with van der Waals surface area (Å²) in [6, 6.07) is 5.88. The SMILES string of the molecule is CC(C)NC(=O)NC(=O)C(C)OC(=O)c1cccc(Br)c1. The van der Waals surface area contributed by atoms with E-state index in [9.17, 15) is 14.4 Å². The molecule has 0 saturated carbocycles. The van der Waals surface area contributed by atoms with Crippen molar-refractivity contribution in [3.63, 3.8) is 0 Å². The summed E-state index contributed by atoms with van der Waals surface area (Å²) < 4.78 is 5.73. The highest BCUT2D eigenvalue weighted by atomic mass is 79.9. The van der Waals surface area contributed by atoms with E-state index in [2.05, 4.69) is 26.6 Å². The number of amides is 3. The minimum Gasteiger partial charge on any atom is -0.449 e. The smallest absolute Gasteiger partial charge is 0.338 e. The molecule has 114 valence electrons. The summed E-state index contributed by atoms with van der Waals surface area (Å²) >= 11 is 3.24. The van der Waals surface area contributed by atoms with Crippen LogP contribution in [0.5, 0.6) is 0 Å². The summed E-state index contributed by atoms with van der Waals surface area (Å²) in [7, 11) is 0. The van der Waals surface area contributed by atoms with Gasteiger partial charge in [-0.15, -0.1) is 0 Å². The highest BCUT2D eigenvalue weighted by Crippen LogP contribution is 2.13. The van der Waals surface area contributed by atoms with E-state index in [4.69, 9.17) is 4.74 Å². The number of ether oxygens (including phenoxy) is 1. The van der Waals surface area contributed by atoms with Gasteiger partial charge in [-0.1, -0.05) is 22.0 Å². The zero-order valence-electron chi connectivity index (χ0n) is 12.0. The molecule has 0 aliphatic rings. The van der Waals surface area contributed by atoms with Crippen LogP contribution in [0.15, 0.2) is 28.7 Å². The van der Waals surface area contributed by atoms with Crippen LogP contribution >= 0.6 is 15.9 Å². The first-order chi connectivity index (χ1) is 9.79. The van der Waals surface area contributed by atoms with Gasteiger partial charge >= 0.3 is 12.0 Å². The Morgan fingerprint density at radius 2 is 1.86 bits per heavy atom. The molecule has 2 N–H and O–H groups in total. The molecule has 6 nitrogen and oxygen atoms in total. The predicted molar refractivity (Wildman–Crippen MR) is 80.8 cm³/mol. The molecule has 1 atom stereocenters. The van der Waals surface area contributed by atoms with Crippen LogP contribution in [-0.2, 0) is 9.53 Å². The van der Waals surface area contributed by atoms with Crippen LogP contribution in [0.3, 0.4) is 0 Å². The number of benzene rings is 1. The van der Waals surface area contributed by atoms with Gasteiger partial charge in [0.1, 0.15) is 0 Å². The molecule has 0 spiro atoms. The molecule has 1 aromatic rings. The summed E-state index contributed by atoms with van der Waals surface area (Å²) in [5.74, 6) is -1.32. The second-order valence-corrected chi connectivity index (χ2v) is 5.59. The van der Waals surface area contributed by atoms with E-state index >= 15 is 0 Å². The number of imide groups is 1. The van der Waals surface area contributed by atoms with Crippen LogP contribution in [0, 0.1) is 0 Å². The van der Waals surface area contributed by atoms with E-state index < -0.39 is 24.0 Å². The topological polar surface area (TPSA) is 84.5 Å². The molecule has 0 aliphatic carbocycles. The van der Waals surface area contributed by atoms with Crippen molar-refractivity contribution in [3.05, 3.63) is 34.3 Å². The molecule has 1 aromatic carbocycles. The van der Waals surface area contributed by atoms with Crippen LogP contribution in [0.1, 0.15) is 31.1 Å². The molecule has 7 heteroatoms. The maximum atomic E-state index is 11.9. The lowest BCUT2D eigenvalue weighted by Gasteiger charge is -2.14. The van der Waals surface area contributed by atoms with Crippen LogP contribution in [0.4, 0.5) is 4.79 Å². The van der Waals surface area contributed by atoms with E-state index in [-0.39, 0.29) is 6.04 Å². The Labute approximate surface area is 131 Å². The molecule has 0 aliphatic heterocycles. The highest BCUT2D eigenvalue weighted by Gasteiger charge is 2.21. The number of rotatable bonds is 4. The molecule has 3 amide bonds. The number of esters is 1. The molecule has 0 radical (unpaired) electrons. The van der Waals surface area contributed by atoms with Gasteiger partial charge in [0.05, 0.1) is 5.56 Å². The second kappa shape index (κ2) is 7.78. The zero-order valence-corrected chi connectivity index (χ0v) is 13.6. The molecule has 0 fully saturated rings. The molecule has 0 aromatic heterocycles. The third-order valence-electron chi connectivity index (χ3n) is 2.37. The number of carbonyl (C=O) groups excluding carboxylic acids is 3. The maximum absolute atomic E-state index is 11.9. The molecule has 0 bridgehead atoms. The summed E-state index contributed by atoms with van der Waals surface area (Å²) in [4.78, 5) is 34.9. The monoisotopic (exact) mass is 356 g/mol. The van der Waals surface area contributed by atoms with E-state index in [0.29, 0.717) is 5.56 Å². The summed E-state index contributed by atoms with van der Waals surface area (Å²) in [6.45, 7) is 4.93. The number of hydrogen-bond acceptors (Lipinski definition) is 4. The maximum Gasteiger partial charge on any atom is 0.338 e. The zero-order chi connectivity index (χ0) is 16.0. The van der Waals surface area contributed by atoms with Crippen molar-refractivity contribution < 1.29 is 19.1 Å². The van der Waals surface area contributed by atoms with Crippen molar-refractivity contribution in [3.8, 4) is 0 Å². The average molecular weight is 357 g/mol. The fourth-order valence-corrected chi connectivity index (χ4v) is 1.81. The summed E-state index contributed by atoms with van der Waals surface area (Å²) in [5, 5.41) is 4.61. The first kappa shape index (κ1) is 17.2. The van der Waals surface area contributed by atoms with Gasteiger partial charge < -0.3 is 10.1 Å². The lowest BCUT2D eigenvalue weighted by atomic mass is 10.2. The Balaban J connectivity index is 2.56. The van der Waals surface area contributed by atoms with E-state index in [0.717, 1.165) is 4.47 Å². The van der Waals surface area contributed by atoms with Crippen molar-refractivity contribution in [1.29, 1.82) is 0 Å². The van der Waals surface area contributed by atoms with Gasteiger partial charge in [0.25, 0.3) is 5.91 Å². The minimum atomic E-state index is -1.07. The molecule has 1 unspecified atom stereocenters. The van der Waals surface area contributed by atoms with Gasteiger partial charge in [0.2, 0.25) is 0 Å². The molecule has 0 saturated heterocycles. The van der Waals surface area contributed by atoms with Gasteiger partial charge in [-0.05, 0) is 39.0 Å². The standard InChI is InChI=1S/C14H17BrN2O4/c1-8(2)16-14(20)17-12(18)9(3)21-13(19)10-5-4-6-11(15)7-10/h4-9H,1-3H3,(H2,16,17,18,20). The Bertz CT molecular complexity index is 546. The van der Waals surface area contributed by atoms with Crippen LogP contribution in [-0.4, -0.2) is 30.1 Å². The van der Waals surface area contributed by atoms with Crippen molar-refractivity contribution >= 4 is 33.8 Å². The van der Waals surface area contributed by atoms with E-state index in [1.54, 1.807) is 38.1 Å². The van der Waals surface area contributed by atoms with Gasteiger partial charge in [0.15, 0.2) is 6.10 Å². The largest absolute Gasteiger partial charge is 0.449 e. The van der Waals surface area contributed by atoms with Crippen LogP contribution < -0.4 is 10.6 Å². The first-order valence-electron chi connectivity index (χ1n) is 6.37. The fraction of sp³-hybridized carbons (Fsp3) is 0.357. The highest BCUT2D eigenvalue weighted by molar-refractivity contribution is 9.10. The molecular formula is C14H17BrN2O4. The minimum absolute atomic E-state index is 0.0997. The average Bonchev–Trinajstić information content (AvgIpc) is 2.37. The molecular weight excluding hydrogens is 340 g/mol. The number of hydrogen-bond donors (Lipinski definition) is 2. The van der Waals surface area contributed by atoms with E-state index in [1.807, 2.05) is 0 Å². The van der Waals surface area contributed by atoms with E-state index in [1.165, 1.54) is 6.92 Å². The third-order valence-corrected chi connectivity index (χ3v) is 2.86. The molecule has 21 heavy (non-hydrogen) atoms. The fourth-order valence-electron chi connectivity index (χ4n) is 1.41. The first-order valence-corrected chi connectivity index (χ1v) is 7.16. The summed E-state index contributed by atoms with van der Waals surface area (Å²) in [6.07, 6.45) is -1.07. The normalized spacial score (nSPS) is 11.7. The van der Waals surface area contributed by atoms with Gasteiger partial charge in [-0.2, -0.15) is 0 Å². The third kappa shape index (κ3) is 5.95. The number of urea groups is 1. The lowest BCUT2D eigenvalue weighted by molar-refractivity contribution is -0.127. The van der Waals surface area contributed by atoms with Crippen LogP contribution in [0.25, 0.3) is 0 Å². The van der Waals surface area contributed by atoms with Gasteiger partial charge in [-0.3, -0.25) is 10.1 Å².